The molecule has 0 saturated heterocycles. The van der Waals surface area contributed by atoms with Crippen LogP contribution in [-0.2, 0) is 0 Å². The van der Waals surface area contributed by atoms with E-state index in [0.29, 0.717) is 26.4 Å². The van der Waals surface area contributed by atoms with Gasteiger partial charge in [0.15, 0.2) is 5.13 Å². The highest BCUT2D eigenvalue weighted by molar-refractivity contribution is 7.22. The van der Waals surface area contributed by atoms with Gasteiger partial charge in [0.2, 0.25) is 5.88 Å². The molecule has 0 aliphatic carbocycles. The largest absolute Gasteiger partial charge is 0.481 e. The molecule has 2 aromatic carbocycles. The summed E-state index contributed by atoms with van der Waals surface area (Å²) < 4.78 is 5.79. The number of rotatable bonds is 6. The van der Waals surface area contributed by atoms with Crippen molar-refractivity contribution in [2.45, 2.75) is 0 Å². The van der Waals surface area contributed by atoms with Gasteiger partial charge in [-0.3, -0.25) is 10.1 Å². The first-order valence-corrected chi connectivity index (χ1v) is 10.3. The summed E-state index contributed by atoms with van der Waals surface area (Å²) in [7, 11) is 1.45. The lowest BCUT2D eigenvalue weighted by atomic mass is 10.2. The predicted molar refractivity (Wildman–Crippen MR) is 119 cm³/mol. The highest BCUT2D eigenvalue weighted by Crippen LogP contribution is 2.28. The van der Waals surface area contributed by atoms with Gasteiger partial charge in [0.25, 0.3) is 11.8 Å². The molecule has 0 aliphatic rings. The van der Waals surface area contributed by atoms with Crippen LogP contribution in [0.5, 0.6) is 11.8 Å². The van der Waals surface area contributed by atoms with Crippen LogP contribution in [0.4, 0.5) is 5.13 Å². The first-order chi connectivity index (χ1) is 16.0. The Morgan fingerprint density at radius 1 is 1.06 bits per heavy atom. The molecule has 0 unspecified atom stereocenters. The van der Waals surface area contributed by atoms with Crippen molar-refractivity contribution in [3.05, 3.63) is 65.7 Å². The van der Waals surface area contributed by atoms with Crippen molar-refractivity contribution in [2.24, 2.45) is 0 Å². The van der Waals surface area contributed by atoms with E-state index in [9.17, 15) is 9.59 Å². The molecule has 3 aromatic heterocycles. The van der Waals surface area contributed by atoms with E-state index in [1.165, 1.54) is 36.2 Å². The number of para-hydroxylation sites is 1. The average Bonchev–Trinajstić information content (AvgIpc) is 3.41. The van der Waals surface area contributed by atoms with Gasteiger partial charge in [-0.05, 0) is 41.6 Å². The van der Waals surface area contributed by atoms with Crippen LogP contribution in [0.1, 0.15) is 20.7 Å². The van der Waals surface area contributed by atoms with Gasteiger partial charge in [0.05, 0.1) is 22.9 Å². The molecule has 164 valence electrons. The number of anilines is 1. The fraction of sp³-hybridized carbons (Fsp3) is 0.0476. The molecule has 0 fully saturated rings. The number of nitrogens with zero attached hydrogens (tertiary/aromatic N) is 5. The summed E-state index contributed by atoms with van der Waals surface area (Å²) in [6.07, 6.45) is 0. The zero-order valence-corrected chi connectivity index (χ0v) is 17.7. The molecule has 0 atom stereocenters. The number of aromatic nitrogens is 5. The lowest BCUT2D eigenvalue weighted by Crippen LogP contribution is -2.17. The van der Waals surface area contributed by atoms with Crippen molar-refractivity contribution in [3.63, 3.8) is 0 Å². The molecule has 1 amide bonds. The molecule has 33 heavy (non-hydrogen) atoms. The van der Waals surface area contributed by atoms with Crippen molar-refractivity contribution in [2.75, 3.05) is 12.4 Å². The number of hydrogen-bond donors (Lipinski definition) is 2. The van der Waals surface area contributed by atoms with E-state index in [-0.39, 0.29) is 22.9 Å². The number of benzene rings is 2. The molecule has 0 aliphatic heterocycles. The third-order valence-corrected chi connectivity index (χ3v) is 5.57. The van der Waals surface area contributed by atoms with Gasteiger partial charge in [0.1, 0.15) is 16.6 Å². The van der Waals surface area contributed by atoms with Gasteiger partial charge in [-0.1, -0.05) is 28.3 Å². The summed E-state index contributed by atoms with van der Waals surface area (Å²) in [5.41, 5.74) is 2.02. The molecule has 0 bridgehead atoms. The molecule has 2 N–H and O–H groups in total. The van der Waals surface area contributed by atoms with E-state index in [1.54, 1.807) is 24.3 Å². The second-order valence-electron chi connectivity index (χ2n) is 6.71. The lowest BCUT2D eigenvalue weighted by molar-refractivity contribution is 0.0696. The zero-order chi connectivity index (χ0) is 22.9. The Balaban J connectivity index is 1.46. The first-order valence-electron chi connectivity index (χ1n) is 9.51. The van der Waals surface area contributed by atoms with E-state index < -0.39 is 11.9 Å². The number of aromatic carboxylic acids is 1. The quantitative estimate of drug-likeness (QED) is 0.389. The summed E-state index contributed by atoms with van der Waals surface area (Å²) in [6.45, 7) is 0. The minimum Gasteiger partial charge on any atom is -0.481 e. The Hall–Kier alpha value is -4.58. The van der Waals surface area contributed by atoms with Crippen molar-refractivity contribution >= 4 is 49.6 Å². The lowest BCUT2D eigenvalue weighted by Gasteiger charge is -2.10. The minimum atomic E-state index is -1.04. The molecular formula is C21H14N6O5S. The maximum absolute atomic E-state index is 13.0. The second kappa shape index (κ2) is 8.16. The van der Waals surface area contributed by atoms with Crippen molar-refractivity contribution in [1.29, 1.82) is 0 Å². The maximum Gasteiger partial charge on any atom is 0.335 e. The number of nitrogens with one attached hydrogen (secondary N) is 1. The summed E-state index contributed by atoms with van der Waals surface area (Å²) in [5.74, 6) is -1.37. The number of carboxylic acid groups (broad SMARTS) is 1. The van der Waals surface area contributed by atoms with E-state index in [0.717, 1.165) is 11.3 Å². The number of carbonyl (C=O) groups excluding carboxylic acids is 1. The number of amides is 1. The fourth-order valence-electron chi connectivity index (χ4n) is 3.05. The van der Waals surface area contributed by atoms with E-state index in [2.05, 4.69) is 25.6 Å². The predicted octanol–water partition coefficient (Wildman–Crippen LogP) is 3.24. The molecule has 0 radical (unpaired) electrons. The maximum atomic E-state index is 13.0. The average molecular weight is 462 g/mol. The van der Waals surface area contributed by atoms with Crippen molar-refractivity contribution < 1.29 is 24.3 Å². The normalized spacial score (nSPS) is 10.9. The van der Waals surface area contributed by atoms with Crippen LogP contribution < -0.4 is 14.9 Å². The SMILES string of the molecule is COc1ccc(C(=O)Nc2nc3ccc(C(=O)O)cc3s2)c(On2nnc3ccccc32)n1. The Morgan fingerprint density at radius 2 is 1.91 bits per heavy atom. The molecule has 5 rings (SSSR count). The highest BCUT2D eigenvalue weighted by Gasteiger charge is 2.20. The smallest absolute Gasteiger partial charge is 0.335 e. The van der Waals surface area contributed by atoms with Crippen LogP contribution in [0.25, 0.3) is 21.3 Å². The zero-order valence-electron chi connectivity index (χ0n) is 16.9. The van der Waals surface area contributed by atoms with E-state index in [1.807, 2.05) is 6.07 Å². The van der Waals surface area contributed by atoms with Crippen LogP contribution in [0.3, 0.4) is 0 Å². The molecular weight excluding hydrogens is 448 g/mol. The Kier molecular flexibility index (Phi) is 5.03. The standard InChI is InChI=1S/C21H14N6O5S/c1-31-17-9-7-12(19(23-17)32-27-15-5-3-2-4-13(15)25-26-27)18(28)24-21-22-14-8-6-11(20(29)30)10-16(14)33-21/h2-10H,1H3,(H,29,30)(H,22,24,28). The Labute approximate surface area is 189 Å². The Morgan fingerprint density at radius 3 is 2.73 bits per heavy atom. The number of hydrogen-bond acceptors (Lipinski definition) is 9. The van der Waals surface area contributed by atoms with E-state index >= 15 is 0 Å². The number of methoxy groups -OCH3 is 1. The topological polar surface area (TPSA) is 141 Å². The molecule has 12 heteroatoms. The fourth-order valence-corrected chi connectivity index (χ4v) is 3.95. The number of fused-ring (bicyclic) bond motifs is 2. The number of ether oxygens (including phenoxy) is 1. The Bertz CT molecular complexity index is 1530. The number of carbonyl (C=O) groups is 2. The monoisotopic (exact) mass is 462 g/mol. The van der Waals surface area contributed by atoms with Crippen LogP contribution in [0.2, 0.25) is 0 Å². The van der Waals surface area contributed by atoms with Crippen LogP contribution in [-0.4, -0.2) is 49.2 Å². The molecule has 0 saturated carbocycles. The third kappa shape index (κ3) is 3.90. The second-order valence-corrected chi connectivity index (χ2v) is 7.74. The number of thiazole rings is 1. The van der Waals surface area contributed by atoms with Gasteiger partial charge in [-0.25, -0.2) is 9.78 Å². The van der Waals surface area contributed by atoms with Gasteiger partial charge < -0.3 is 14.7 Å². The summed E-state index contributed by atoms with van der Waals surface area (Å²) >= 11 is 1.15. The van der Waals surface area contributed by atoms with Crippen molar-refractivity contribution in [1.82, 2.24) is 25.1 Å². The van der Waals surface area contributed by atoms with Gasteiger partial charge in [-0.2, -0.15) is 4.98 Å². The van der Waals surface area contributed by atoms with Gasteiger partial charge in [0, 0.05) is 6.07 Å². The van der Waals surface area contributed by atoms with Crippen LogP contribution in [0, 0.1) is 0 Å². The number of carboxylic acids is 1. The minimum absolute atomic E-state index is 0.0447. The van der Waals surface area contributed by atoms with Gasteiger partial charge >= 0.3 is 5.97 Å². The molecule has 0 spiro atoms. The van der Waals surface area contributed by atoms with Crippen LogP contribution >= 0.6 is 11.3 Å². The van der Waals surface area contributed by atoms with Crippen LogP contribution in [0.15, 0.2) is 54.6 Å². The third-order valence-electron chi connectivity index (χ3n) is 4.64. The molecule has 11 nitrogen and oxygen atoms in total. The number of pyridine rings is 1. The van der Waals surface area contributed by atoms with Crippen molar-refractivity contribution in [3.8, 4) is 11.8 Å². The summed E-state index contributed by atoms with van der Waals surface area (Å²) in [6, 6.07) is 14.7. The summed E-state index contributed by atoms with van der Waals surface area (Å²) in [5, 5.41) is 20.1. The summed E-state index contributed by atoms with van der Waals surface area (Å²) in [4.78, 5) is 39.7. The van der Waals surface area contributed by atoms with E-state index in [4.69, 9.17) is 14.7 Å². The highest BCUT2D eigenvalue weighted by atomic mass is 32.1. The molecule has 5 aromatic rings. The van der Waals surface area contributed by atoms with Gasteiger partial charge in [-0.15, -0.1) is 5.10 Å². The first kappa shape index (κ1) is 20.3. The molecule has 3 heterocycles.